The summed E-state index contributed by atoms with van der Waals surface area (Å²) in [5, 5.41) is 2.77. The summed E-state index contributed by atoms with van der Waals surface area (Å²) in [6.07, 6.45) is 12.2. The van der Waals surface area contributed by atoms with Crippen LogP contribution in [0.5, 0.6) is 0 Å². The van der Waals surface area contributed by atoms with Gasteiger partial charge in [0.2, 0.25) is 5.91 Å². The predicted molar refractivity (Wildman–Crippen MR) is 92.2 cm³/mol. The molecule has 0 aliphatic carbocycles. The standard InChI is InChI=1S/C18H20N4O/c23-18(7-4-15-8-10-19-11-9-15)21-17-6-5-16(14-20-17)22-12-2-1-3-13-22/h4-11,14H,1-3,12-13H2,(H,20,21,23)/b7-4+. The van der Waals surface area contributed by atoms with Crippen LogP contribution >= 0.6 is 0 Å². The van der Waals surface area contributed by atoms with Gasteiger partial charge in [-0.2, -0.15) is 0 Å². The summed E-state index contributed by atoms with van der Waals surface area (Å²) in [5.74, 6) is 0.371. The van der Waals surface area contributed by atoms with Crippen LogP contribution in [0.3, 0.4) is 0 Å². The number of amides is 1. The van der Waals surface area contributed by atoms with Crippen molar-refractivity contribution in [1.29, 1.82) is 0 Å². The molecule has 1 aliphatic heterocycles. The Morgan fingerprint density at radius 3 is 2.57 bits per heavy atom. The Balaban J connectivity index is 1.57. The molecule has 1 N–H and O–H groups in total. The molecule has 3 heterocycles. The Morgan fingerprint density at radius 2 is 1.87 bits per heavy atom. The summed E-state index contributed by atoms with van der Waals surface area (Å²) in [6.45, 7) is 2.17. The fourth-order valence-electron chi connectivity index (χ4n) is 2.61. The third kappa shape index (κ3) is 4.39. The van der Waals surface area contributed by atoms with Crippen molar-refractivity contribution in [2.75, 3.05) is 23.3 Å². The first-order valence-electron chi connectivity index (χ1n) is 7.91. The van der Waals surface area contributed by atoms with E-state index in [1.165, 1.54) is 25.3 Å². The molecule has 0 unspecified atom stereocenters. The molecule has 3 rings (SSSR count). The van der Waals surface area contributed by atoms with E-state index in [0.717, 1.165) is 24.3 Å². The Bertz CT molecular complexity index is 661. The Hall–Kier alpha value is -2.69. The molecular weight excluding hydrogens is 288 g/mol. The van der Waals surface area contributed by atoms with Gasteiger partial charge in [0.15, 0.2) is 0 Å². The first kappa shape index (κ1) is 15.2. The highest BCUT2D eigenvalue weighted by Crippen LogP contribution is 2.19. The Morgan fingerprint density at radius 1 is 1.09 bits per heavy atom. The number of hydrogen-bond acceptors (Lipinski definition) is 4. The van der Waals surface area contributed by atoms with Gasteiger partial charge < -0.3 is 10.2 Å². The van der Waals surface area contributed by atoms with Gasteiger partial charge in [0, 0.05) is 31.6 Å². The number of hydrogen-bond donors (Lipinski definition) is 1. The van der Waals surface area contributed by atoms with Gasteiger partial charge in [-0.25, -0.2) is 4.98 Å². The van der Waals surface area contributed by atoms with E-state index >= 15 is 0 Å². The Kier molecular flexibility index (Phi) is 4.99. The lowest BCUT2D eigenvalue weighted by Crippen LogP contribution is -2.29. The number of nitrogens with one attached hydrogen (secondary N) is 1. The maximum absolute atomic E-state index is 11.9. The van der Waals surface area contributed by atoms with Crippen molar-refractivity contribution in [3.05, 3.63) is 54.5 Å². The molecule has 0 radical (unpaired) electrons. The van der Waals surface area contributed by atoms with E-state index < -0.39 is 0 Å². The van der Waals surface area contributed by atoms with Crippen LogP contribution in [0.25, 0.3) is 6.08 Å². The topological polar surface area (TPSA) is 58.1 Å². The van der Waals surface area contributed by atoms with Gasteiger partial charge in [0.1, 0.15) is 5.82 Å². The fourth-order valence-corrected chi connectivity index (χ4v) is 2.61. The molecule has 5 heteroatoms. The summed E-state index contributed by atoms with van der Waals surface area (Å²) in [5.41, 5.74) is 2.05. The maximum Gasteiger partial charge on any atom is 0.249 e. The van der Waals surface area contributed by atoms with Crippen molar-refractivity contribution in [1.82, 2.24) is 9.97 Å². The van der Waals surface area contributed by atoms with E-state index in [1.807, 2.05) is 30.5 Å². The van der Waals surface area contributed by atoms with Crippen LogP contribution in [-0.4, -0.2) is 29.0 Å². The molecule has 2 aromatic heterocycles. The van der Waals surface area contributed by atoms with Gasteiger partial charge >= 0.3 is 0 Å². The highest BCUT2D eigenvalue weighted by atomic mass is 16.1. The zero-order chi connectivity index (χ0) is 15.9. The molecule has 2 aromatic rings. The summed E-state index contributed by atoms with van der Waals surface area (Å²) >= 11 is 0. The van der Waals surface area contributed by atoms with E-state index in [-0.39, 0.29) is 5.91 Å². The summed E-state index contributed by atoms with van der Waals surface area (Å²) in [4.78, 5) is 22.5. The van der Waals surface area contributed by atoms with Crippen LogP contribution in [0.2, 0.25) is 0 Å². The zero-order valence-corrected chi connectivity index (χ0v) is 13.0. The number of piperidine rings is 1. The van der Waals surface area contributed by atoms with Crippen molar-refractivity contribution in [2.24, 2.45) is 0 Å². The van der Waals surface area contributed by atoms with E-state index in [4.69, 9.17) is 0 Å². The minimum atomic E-state index is -0.194. The molecule has 1 saturated heterocycles. The largest absolute Gasteiger partial charge is 0.370 e. The number of carbonyl (C=O) groups excluding carboxylic acids is 1. The van der Waals surface area contributed by atoms with E-state index in [2.05, 4.69) is 20.2 Å². The van der Waals surface area contributed by atoms with E-state index in [9.17, 15) is 4.79 Å². The second-order valence-electron chi connectivity index (χ2n) is 5.55. The fraction of sp³-hybridized carbons (Fsp3) is 0.278. The average Bonchev–Trinajstić information content (AvgIpc) is 2.62. The van der Waals surface area contributed by atoms with Crippen LogP contribution < -0.4 is 10.2 Å². The van der Waals surface area contributed by atoms with Crippen molar-refractivity contribution in [3.8, 4) is 0 Å². The monoisotopic (exact) mass is 308 g/mol. The molecule has 0 saturated carbocycles. The molecule has 23 heavy (non-hydrogen) atoms. The lowest BCUT2D eigenvalue weighted by molar-refractivity contribution is -0.111. The number of rotatable bonds is 4. The van der Waals surface area contributed by atoms with E-state index in [1.54, 1.807) is 18.5 Å². The van der Waals surface area contributed by atoms with Crippen LogP contribution in [0, 0.1) is 0 Å². The minimum absolute atomic E-state index is 0.194. The quantitative estimate of drug-likeness (QED) is 0.882. The third-order valence-corrected chi connectivity index (χ3v) is 3.85. The summed E-state index contributed by atoms with van der Waals surface area (Å²) in [7, 11) is 0. The highest BCUT2D eigenvalue weighted by molar-refractivity contribution is 6.01. The lowest BCUT2D eigenvalue weighted by atomic mass is 10.1. The van der Waals surface area contributed by atoms with Gasteiger partial charge in [-0.1, -0.05) is 0 Å². The lowest BCUT2D eigenvalue weighted by Gasteiger charge is -2.28. The second kappa shape index (κ2) is 7.54. The molecule has 1 amide bonds. The first-order chi connectivity index (χ1) is 11.3. The number of pyridine rings is 2. The van der Waals surface area contributed by atoms with Gasteiger partial charge in [-0.3, -0.25) is 9.78 Å². The van der Waals surface area contributed by atoms with Crippen molar-refractivity contribution < 1.29 is 4.79 Å². The Labute approximate surface area is 136 Å². The maximum atomic E-state index is 11.9. The van der Waals surface area contributed by atoms with Crippen molar-refractivity contribution in [2.45, 2.75) is 19.3 Å². The van der Waals surface area contributed by atoms with Gasteiger partial charge in [-0.05, 0) is 55.2 Å². The highest BCUT2D eigenvalue weighted by Gasteiger charge is 2.11. The van der Waals surface area contributed by atoms with Gasteiger partial charge in [0.05, 0.1) is 11.9 Å². The van der Waals surface area contributed by atoms with E-state index in [0.29, 0.717) is 5.82 Å². The molecule has 5 nitrogen and oxygen atoms in total. The molecule has 0 bridgehead atoms. The van der Waals surface area contributed by atoms with Crippen LogP contribution in [0.1, 0.15) is 24.8 Å². The van der Waals surface area contributed by atoms with Crippen molar-refractivity contribution in [3.63, 3.8) is 0 Å². The molecule has 0 spiro atoms. The normalized spacial score (nSPS) is 14.9. The first-order valence-corrected chi connectivity index (χ1v) is 7.91. The van der Waals surface area contributed by atoms with Crippen molar-refractivity contribution >= 4 is 23.5 Å². The molecule has 1 fully saturated rings. The van der Waals surface area contributed by atoms with Gasteiger partial charge in [0.25, 0.3) is 0 Å². The number of nitrogens with zero attached hydrogens (tertiary/aromatic N) is 3. The van der Waals surface area contributed by atoms with Crippen LogP contribution in [-0.2, 0) is 4.79 Å². The average molecular weight is 308 g/mol. The molecule has 0 aromatic carbocycles. The summed E-state index contributed by atoms with van der Waals surface area (Å²) in [6, 6.07) is 7.55. The SMILES string of the molecule is O=C(/C=C/c1ccncc1)Nc1ccc(N2CCCCC2)cn1. The number of anilines is 2. The second-order valence-corrected chi connectivity index (χ2v) is 5.55. The van der Waals surface area contributed by atoms with Crippen LogP contribution in [0.15, 0.2) is 48.9 Å². The van der Waals surface area contributed by atoms with Crippen LogP contribution in [0.4, 0.5) is 11.5 Å². The molecule has 0 atom stereocenters. The minimum Gasteiger partial charge on any atom is -0.370 e. The number of aromatic nitrogens is 2. The zero-order valence-electron chi connectivity index (χ0n) is 13.0. The number of carbonyl (C=O) groups is 1. The molecule has 118 valence electrons. The molecule has 1 aliphatic rings. The third-order valence-electron chi connectivity index (χ3n) is 3.85. The van der Waals surface area contributed by atoms with Gasteiger partial charge in [-0.15, -0.1) is 0 Å². The predicted octanol–water partition coefficient (Wildman–Crippen LogP) is 3.12. The smallest absolute Gasteiger partial charge is 0.249 e. The molecular formula is C18H20N4O. The summed E-state index contributed by atoms with van der Waals surface area (Å²) < 4.78 is 0.